The average Bonchev–Trinajstić information content (AvgIpc) is 2.66. The molecule has 27 heavy (non-hydrogen) atoms. The van der Waals surface area contributed by atoms with Crippen LogP contribution in [0.2, 0.25) is 0 Å². The Bertz CT molecular complexity index is 529. The number of likely N-dealkylation sites (tertiary alicyclic amines) is 2. The van der Waals surface area contributed by atoms with Crippen LogP contribution in [0.3, 0.4) is 0 Å². The molecule has 2 aliphatic heterocycles. The molecule has 0 aromatic rings. The van der Waals surface area contributed by atoms with E-state index < -0.39 is 0 Å². The second kappa shape index (κ2) is 10.1. The summed E-state index contributed by atoms with van der Waals surface area (Å²) in [6.07, 6.45) is 3.18. The normalized spacial score (nSPS) is 23.1. The maximum absolute atomic E-state index is 12.9. The molecule has 0 saturated carbocycles. The standard InChI is InChI=1S/C20H35N3O4/c1-5-27-20(26)17-7-6-10-23(13-17)19(25)15(4)22-11-8-16(9-12-22)18(24)21-14(2)3/h14-17H,5-13H2,1-4H3,(H,21,24). The van der Waals surface area contributed by atoms with Crippen LogP contribution in [-0.2, 0) is 19.1 Å². The number of piperidine rings is 2. The SMILES string of the molecule is CCOC(=O)C1CCCN(C(=O)C(C)N2CCC(C(=O)NC(C)C)CC2)C1. The van der Waals surface area contributed by atoms with E-state index in [1.165, 1.54) is 0 Å². The molecule has 154 valence electrons. The van der Waals surface area contributed by atoms with Crippen molar-refractivity contribution in [3.63, 3.8) is 0 Å². The minimum absolute atomic E-state index is 0.0362. The molecule has 0 aromatic heterocycles. The number of ether oxygens (including phenoxy) is 1. The van der Waals surface area contributed by atoms with Gasteiger partial charge in [0.2, 0.25) is 11.8 Å². The van der Waals surface area contributed by atoms with Gasteiger partial charge in [-0.3, -0.25) is 19.3 Å². The molecule has 2 aliphatic rings. The second-order valence-corrected chi connectivity index (χ2v) is 8.02. The monoisotopic (exact) mass is 381 g/mol. The lowest BCUT2D eigenvalue weighted by Crippen LogP contribution is -2.53. The lowest BCUT2D eigenvalue weighted by molar-refractivity contribution is -0.152. The van der Waals surface area contributed by atoms with E-state index in [-0.39, 0.29) is 41.7 Å². The molecule has 0 radical (unpaired) electrons. The summed E-state index contributed by atoms with van der Waals surface area (Å²) in [5.41, 5.74) is 0. The summed E-state index contributed by atoms with van der Waals surface area (Å²) in [6, 6.07) is -0.0671. The summed E-state index contributed by atoms with van der Waals surface area (Å²) in [5, 5.41) is 2.98. The molecule has 1 N–H and O–H groups in total. The lowest BCUT2D eigenvalue weighted by atomic mass is 9.94. The van der Waals surface area contributed by atoms with Crippen LogP contribution in [0, 0.1) is 11.8 Å². The van der Waals surface area contributed by atoms with Crippen molar-refractivity contribution in [1.82, 2.24) is 15.1 Å². The topological polar surface area (TPSA) is 79.0 Å². The van der Waals surface area contributed by atoms with E-state index in [0.29, 0.717) is 19.7 Å². The Balaban J connectivity index is 1.85. The van der Waals surface area contributed by atoms with E-state index >= 15 is 0 Å². The van der Waals surface area contributed by atoms with Crippen molar-refractivity contribution in [2.45, 2.75) is 65.5 Å². The largest absolute Gasteiger partial charge is 0.466 e. The molecular formula is C20H35N3O4. The molecule has 2 fully saturated rings. The minimum atomic E-state index is -0.222. The van der Waals surface area contributed by atoms with Gasteiger partial charge in [-0.2, -0.15) is 0 Å². The second-order valence-electron chi connectivity index (χ2n) is 8.02. The Kier molecular flexibility index (Phi) is 8.07. The van der Waals surface area contributed by atoms with Crippen molar-refractivity contribution in [3.8, 4) is 0 Å². The fourth-order valence-electron chi connectivity index (χ4n) is 4.00. The van der Waals surface area contributed by atoms with E-state index in [1.807, 2.05) is 25.7 Å². The quantitative estimate of drug-likeness (QED) is 0.704. The highest BCUT2D eigenvalue weighted by molar-refractivity contribution is 5.83. The zero-order chi connectivity index (χ0) is 20.0. The van der Waals surface area contributed by atoms with Crippen LogP contribution in [0.5, 0.6) is 0 Å². The number of nitrogens with one attached hydrogen (secondary N) is 1. The van der Waals surface area contributed by atoms with Gasteiger partial charge in [0.25, 0.3) is 0 Å². The van der Waals surface area contributed by atoms with Crippen molar-refractivity contribution in [2.24, 2.45) is 11.8 Å². The molecule has 7 heteroatoms. The zero-order valence-electron chi connectivity index (χ0n) is 17.2. The predicted molar refractivity (Wildman–Crippen MR) is 103 cm³/mol. The molecule has 2 atom stereocenters. The number of esters is 1. The molecule has 0 spiro atoms. The van der Waals surface area contributed by atoms with Crippen LogP contribution >= 0.6 is 0 Å². The number of carbonyl (C=O) groups excluding carboxylic acids is 3. The Morgan fingerprint density at radius 2 is 1.70 bits per heavy atom. The van der Waals surface area contributed by atoms with Gasteiger partial charge in [-0.05, 0) is 66.5 Å². The summed E-state index contributed by atoms with van der Waals surface area (Å²) in [4.78, 5) is 41.1. The fraction of sp³-hybridized carbons (Fsp3) is 0.850. The molecule has 2 saturated heterocycles. The number of hydrogen-bond acceptors (Lipinski definition) is 5. The van der Waals surface area contributed by atoms with Crippen LogP contribution < -0.4 is 5.32 Å². The summed E-state index contributed by atoms with van der Waals surface area (Å²) in [6.45, 7) is 10.7. The number of carbonyl (C=O) groups is 3. The molecule has 0 aliphatic carbocycles. The number of nitrogens with zero attached hydrogens (tertiary/aromatic N) is 2. The first-order valence-corrected chi connectivity index (χ1v) is 10.3. The van der Waals surface area contributed by atoms with Gasteiger partial charge in [0, 0.05) is 25.0 Å². The first-order valence-electron chi connectivity index (χ1n) is 10.3. The van der Waals surface area contributed by atoms with E-state index in [2.05, 4.69) is 10.2 Å². The van der Waals surface area contributed by atoms with Crippen molar-refractivity contribution in [2.75, 3.05) is 32.8 Å². The summed E-state index contributed by atoms with van der Waals surface area (Å²) < 4.78 is 5.12. The summed E-state index contributed by atoms with van der Waals surface area (Å²) in [5.74, 6) is -0.167. The highest BCUT2D eigenvalue weighted by Gasteiger charge is 2.35. The van der Waals surface area contributed by atoms with Crippen LogP contribution in [-0.4, -0.2) is 72.5 Å². The van der Waals surface area contributed by atoms with Gasteiger partial charge in [0.1, 0.15) is 0 Å². The molecule has 2 amide bonds. The van der Waals surface area contributed by atoms with Crippen molar-refractivity contribution >= 4 is 17.8 Å². The highest BCUT2D eigenvalue weighted by Crippen LogP contribution is 2.23. The van der Waals surface area contributed by atoms with Gasteiger partial charge in [-0.1, -0.05) is 0 Å². The summed E-state index contributed by atoms with van der Waals surface area (Å²) in [7, 11) is 0. The Labute approximate surface area is 162 Å². The molecule has 0 aromatic carbocycles. The van der Waals surface area contributed by atoms with Gasteiger partial charge < -0.3 is 15.0 Å². The average molecular weight is 382 g/mol. The minimum Gasteiger partial charge on any atom is -0.466 e. The molecular weight excluding hydrogens is 346 g/mol. The van der Waals surface area contributed by atoms with E-state index in [9.17, 15) is 14.4 Å². The van der Waals surface area contributed by atoms with Crippen LogP contribution in [0.4, 0.5) is 0 Å². The molecule has 2 heterocycles. The third-order valence-electron chi connectivity index (χ3n) is 5.59. The maximum Gasteiger partial charge on any atom is 0.310 e. The lowest BCUT2D eigenvalue weighted by Gasteiger charge is -2.39. The van der Waals surface area contributed by atoms with Gasteiger partial charge >= 0.3 is 5.97 Å². The molecule has 2 unspecified atom stereocenters. The summed E-state index contributed by atoms with van der Waals surface area (Å²) >= 11 is 0. The first-order chi connectivity index (χ1) is 12.8. The number of amides is 2. The van der Waals surface area contributed by atoms with Crippen molar-refractivity contribution < 1.29 is 19.1 Å². The highest BCUT2D eigenvalue weighted by atomic mass is 16.5. The maximum atomic E-state index is 12.9. The number of rotatable bonds is 6. The first kappa shape index (κ1) is 21.7. The smallest absolute Gasteiger partial charge is 0.310 e. The van der Waals surface area contributed by atoms with Crippen molar-refractivity contribution in [3.05, 3.63) is 0 Å². The molecule has 2 rings (SSSR count). The Morgan fingerprint density at radius 1 is 1.04 bits per heavy atom. The van der Waals surface area contributed by atoms with E-state index in [4.69, 9.17) is 4.74 Å². The molecule has 0 bridgehead atoms. The van der Waals surface area contributed by atoms with Gasteiger partial charge in [0.05, 0.1) is 18.6 Å². The van der Waals surface area contributed by atoms with Crippen LogP contribution in [0.15, 0.2) is 0 Å². The molecule has 7 nitrogen and oxygen atoms in total. The predicted octanol–water partition coefficient (Wildman–Crippen LogP) is 1.41. The van der Waals surface area contributed by atoms with E-state index in [0.717, 1.165) is 38.8 Å². The van der Waals surface area contributed by atoms with Gasteiger partial charge in [-0.15, -0.1) is 0 Å². The van der Waals surface area contributed by atoms with Crippen LogP contribution in [0.1, 0.15) is 53.4 Å². The third-order valence-corrected chi connectivity index (χ3v) is 5.59. The number of hydrogen-bond donors (Lipinski definition) is 1. The zero-order valence-corrected chi connectivity index (χ0v) is 17.2. The third kappa shape index (κ3) is 5.92. The fourth-order valence-corrected chi connectivity index (χ4v) is 4.00. The van der Waals surface area contributed by atoms with Gasteiger partial charge in [-0.25, -0.2) is 0 Å². The Morgan fingerprint density at radius 3 is 2.30 bits per heavy atom. The van der Waals surface area contributed by atoms with E-state index in [1.54, 1.807) is 6.92 Å². The van der Waals surface area contributed by atoms with Crippen LogP contribution in [0.25, 0.3) is 0 Å². The Hall–Kier alpha value is -1.63. The van der Waals surface area contributed by atoms with Gasteiger partial charge in [0.15, 0.2) is 0 Å². The van der Waals surface area contributed by atoms with Crippen molar-refractivity contribution in [1.29, 1.82) is 0 Å².